The van der Waals surface area contributed by atoms with Crippen LogP contribution < -0.4 is 5.32 Å². The molecule has 1 aromatic heterocycles. The molecule has 1 aromatic rings. The molecule has 0 aliphatic rings. The molecule has 1 heterocycles. The summed E-state index contributed by atoms with van der Waals surface area (Å²) < 4.78 is 39.6. The number of aliphatic carboxylic acids is 1. The van der Waals surface area contributed by atoms with E-state index in [1.165, 1.54) is 14.0 Å². The minimum absolute atomic E-state index is 0.126. The Hall–Kier alpha value is -2.24. The van der Waals surface area contributed by atoms with Gasteiger partial charge in [0.05, 0.1) is 5.69 Å². The minimum Gasteiger partial charge on any atom is -0.479 e. The summed E-state index contributed by atoms with van der Waals surface area (Å²) in [5, 5.41) is 23.3. The second kappa shape index (κ2) is 4.46. The van der Waals surface area contributed by atoms with Crippen LogP contribution >= 0.6 is 0 Å². The molecule has 2 N–H and O–H groups in total. The molecular weight excluding hydrogens is 265 g/mol. The highest BCUT2D eigenvalue weighted by atomic mass is 19.4. The van der Waals surface area contributed by atoms with Gasteiger partial charge >= 0.3 is 12.1 Å². The number of halogens is 3. The molecule has 0 aliphatic heterocycles. The number of carbonyl (C=O) groups is 1. The van der Waals surface area contributed by atoms with Crippen LogP contribution in [0.1, 0.15) is 18.2 Å². The summed E-state index contributed by atoms with van der Waals surface area (Å²) in [7, 11) is 1.31. The van der Waals surface area contributed by atoms with E-state index in [1.54, 1.807) is 6.07 Å². The van der Waals surface area contributed by atoms with Crippen LogP contribution in [0.25, 0.3) is 0 Å². The summed E-state index contributed by atoms with van der Waals surface area (Å²) in [6, 6.07) is 1.69. The molecule has 1 rings (SSSR count). The van der Waals surface area contributed by atoms with Crippen LogP contribution in [-0.2, 0) is 11.8 Å². The molecule has 0 bridgehead atoms. The topological polar surface area (TPSA) is 90.9 Å². The Kier molecular flexibility index (Phi) is 3.48. The lowest BCUT2D eigenvalue weighted by Crippen LogP contribution is -2.56. The number of aryl methyl sites for hydroxylation is 2. The summed E-state index contributed by atoms with van der Waals surface area (Å²) >= 11 is 0. The first-order valence-corrected chi connectivity index (χ1v) is 5.06. The van der Waals surface area contributed by atoms with Crippen LogP contribution in [0.15, 0.2) is 0 Å². The zero-order valence-corrected chi connectivity index (χ0v) is 10.3. The first-order valence-electron chi connectivity index (χ1n) is 5.06. The zero-order valence-electron chi connectivity index (χ0n) is 10.3. The first kappa shape index (κ1) is 14.8. The van der Waals surface area contributed by atoms with Gasteiger partial charge in [-0.2, -0.15) is 23.5 Å². The highest BCUT2D eigenvalue weighted by Crippen LogP contribution is 2.34. The summed E-state index contributed by atoms with van der Waals surface area (Å²) in [6.07, 6.45) is -5.04. The molecule has 0 radical (unpaired) electrons. The van der Waals surface area contributed by atoms with Gasteiger partial charge in [-0.1, -0.05) is 0 Å². The van der Waals surface area contributed by atoms with Gasteiger partial charge < -0.3 is 10.4 Å². The van der Waals surface area contributed by atoms with Crippen LogP contribution in [0.4, 0.5) is 19.0 Å². The molecule has 6 nitrogen and oxygen atoms in total. The molecular formula is C10H11F3N4O2. The van der Waals surface area contributed by atoms with Gasteiger partial charge in [0.2, 0.25) is 5.54 Å². The predicted octanol–water partition coefficient (Wildman–Crippen LogP) is 1.42. The fourth-order valence-electron chi connectivity index (χ4n) is 1.42. The maximum Gasteiger partial charge on any atom is 0.422 e. The molecule has 0 saturated carbocycles. The van der Waals surface area contributed by atoms with Crippen LogP contribution in [0.3, 0.4) is 0 Å². The molecule has 19 heavy (non-hydrogen) atoms. The first-order chi connectivity index (χ1) is 8.54. The number of nitrogens with zero attached hydrogens (tertiary/aromatic N) is 3. The lowest BCUT2D eigenvalue weighted by atomic mass is 10.0. The van der Waals surface area contributed by atoms with Gasteiger partial charge in [0, 0.05) is 7.05 Å². The van der Waals surface area contributed by atoms with E-state index in [-0.39, 0.29) is 17.1 Å². The number of rotatable bonds is 3. The van der Waals surface area contributed by atoms with Gasteiger partial charge in [-0.05, 0) is 13.8 Å². The maximum atomic E-state index is 12.9. The van der Waals surface area contributed by atoms with Gasteiger partial charge in [-0.25, -0.2) is 4.79 Å². The summed E-state index contributed by atoms with van der Waals surface area (Å²) in [4.78, 5) is 10.9. The molecule has 0 spiro atoms. The van der Waals surface area contributed by atoms with E-state index < -0.39 is 17.7 Å². The molecule has 1 unspecified atom stereocenters. The monoisotopic (exact) mass is 276 g/mol. The Labute approximate surface area is 106 Å². The molecule has 0 amide bonds. The lowest BCUT2D eigenvalue weighted by molar-refractivity contribution is -0.193. The van der Waals surface area contributed by atoms with E-state index in [1.807, 2.05) is 5.32 Å². The molecule has 0 saturated heterocycles. The van der Waals surface area contributed by atoms with Crippen LogP contribution in [-0.4, -0.2) is 32.6 Å². The van der Waals surface area contributed by atoms with Crippen molar-refractivity contribution in [1.29, 1.82) is 5.26 Å². The minimum atomic E-state index is -5.04. The largest absolute Gasteiger partial charge is 0.479 e. The highest BCUT2D eigenvalue weighted by molar-refractivity contribution is 5.83. The molecule has 0 fully saturated rings. The van der Waals surface area contributed by atoms with Crippen molar-refractivity contribution in [2.24, 2.45) is 7.05 Å². The Morgan fingerprint density at radius 3 is 2.42 bits per heavy atom. The fourth-order valence-corrected chi connectivity index (χ4v) is 1.42. The summed E-state index contributed by atoms with van der Waals surface area (Å²) in [6.45, 7) is 1.92. The van der Waals surface area contributed by atoms with Crippen molar-refractivity contribution in [3.63, 3.8) is 0 Å². The van der Waals surface area contributed by atoms with E-state index in [0.29, 0.717) is 6.92 Å². The van der Waals surface area contributed by atoms with E-state index in [4.69, 9.17) is 10.4 Å². The lowest BCUT2D eigenvalue weighted by Gasteiger charge is -2.29. The number of hydrogen-bond acceptors (Lipinski definition) is 4. The molecule has 0 aliphatic carbocycles. The van der Waals surface area contributed by atoms with Crippen LogP contribution in [0.5, 0.6) is 0 Å². The third kappa shape index (κ3) is 2.33. The van der Waals surface area contributed by atoms with Crippen LogP contribution in [0, 0.1) is 18.3 Å². The Balaban J connectivity index is 3.35. The van der Waals surface area contributed by atoms with Gasteiger partial charge in [-0.3, -0.25) is 4.68 Å². The Morgan fingerprint density at radius 1 is 1.53 bits per heavy atom. The number of alkyl halides is 3. The number of anilines is 1. The van der Waals surface area contributed by atoms with E-state index in [0.717, 1.165) is 4.68 Å². The van der Waals surface area contributed by atoms with Crippen molar-refractivity contribution < 1.29 is 23.1 Å². The van der Waals surface area contributed by atoms with Crippen molar-refractivity contribution >= 4 is 11.8 Å². The average Bonchev–Trinajstić information content (AvgIpc) is 2.51. The number of hydrogen-bond donors (Lipinski definition) is 2. The summed E-state index contributed by atoms with van der Waals surface area (Å²) in [5.74, 6) is -2.38. The number of nitriles is 1. The number of nitrogens with one attached hydrogen (secondary N) is 1. The standard InChI is InChI=1S/C10H11F3N4O2/c1-5-6(4-14)7(17(3)16-5)15-9(2,8(18)19)10(11,12)13/h15H,1-3H3,(H,18,19). The second-order valence-electron chi connectivity index (χ2n) is 4.10. The predicted molar refractivity (Wildman–Crippen MR) is 58.4 cm³/mol. The van der Waals surface area contributed by atoms with Gasteiger partial charge in [0.15, 0.2) is 0 Å². The number of carboxylic acids is 1. The number of aromatic nitrogens is 2. The number of carboxylic acid groups (broad SMARTS) is 1. The van der Waals surface area contributed by atoms with Crippen molar-refractivity contribution in [1.82, 2.24) is 9.78 Å². The maximum absolute atomic E-state index is 12.9. The third-order valence-corrected chi connectivity index (χ3v) is 2.70. The molecule has 1 atom stereocenters. The molecule has 9 heteroatoms. The SMILES string of the molecule is Cc1nn(C)c(NC(C)(C(=O)O)C(F)(F)F)c1C#N. The van der Waals surface area contributed by atoms with Crippen LogP contribution in [0.2, 0.25) is 0 Å². The fraction of sp³-hybridized carbons (Fsp3) is 0.500. The van der Waals surface area contributed by atoms with Crippen molar-refractivity contribution in [2.75, 3.05) is 5.32 Å². The molecule has 0 aromatic carbocycles. The Bertz CT molecular complexity index is 558. The van der Waals surface area contributed by atoms with E-state index in [2.05, 4.69) is 5.10 Å². The van der Waals surface area contributed by atoms with Gasteiger partial charge in [0.25, 0.3) is 0 Å². The summed E-state index contributed by atoms with van der Waals surface area (Å²) in [5.41, 5.74) is -3.12. The smallest absolute Gasteiger partial charge is 0.422 e. The zero-order chi connectivity index (χ0) is 15.0. The van der Waals surface area contributed by atoms with Crippen molar-refractivity contribution in [3.8, 4) is 6.07 Å². The van der Waals surface area contributed by atoms with E-state index in [9.17, 15) is 18.0 Å². The quantitative estimate of drug-likeness (QED) is 0.871. The highest BCUT2D eigenvalue weighted by Gasteiger charge is 2.58. The Morgan fingerprint density at radius 2 is 2.05 bits per heavy atom. The van der Waals surface area contributed by atoms with E-state index >= 15 is 0 Å². The van der Waals surface area contributed by atoms with Gasteiger partial charge in [-0.15, -0.1) is 0 Å². The average molecular weight is 276 g/mol. The second-order valence-corrected chi connectivity index (χ2v) is 4.10. The third-order valence-electron chi connectivity index (χ3n) is 2.70. The van der Waals surface area contributed by atoms with Crippen molar-refractivity contribution in [2.45, 2.75) is 25.6 Å². The van der Waals surface area contributed by atoms with Crippen molar-refractivity contribution in [3.05, 3.63) is 11.3 Å². The van der Waals surface area contributed by atoms with Gasteiger partial charge in [0.1, 0.15) is 17.5 Å². The molecule has 104 valence electrons. The normalized spacial score (nSPS) is 14.6.